The number of halogens is 2. The summed E-state index contributed by atoms with van der Waals surface area (Å²) in [5.41, 5.74) is 0.147. The fourth-order valence-electron chi connectivity index (χ4n) is 0.629. The van der Waals surface area contributed by atoms with Crippen molar-refractivity contribution in [2.24, 2.45) is 0 Å². The Kier molecular flexibility index (Phi) is 2.83. The summed E-state index contributed by atoms with van der Waals surface area (Å²) in [6.07, 6.45) is 0. The number of nitro groups is 1. The van der Waals surface area contributed by atoms with Crippen molar-refractivity contribution in [3.05, 3.63) is 36.4 Å². The minimum Gasteiger partial charge on any atom is -0.258 e. The molecule has 0 radical (unpaired) electrons. The highest BCUT2D eigenvalue weighted by molar-refractivity contribution is 14.1. The molecule has 11 heavy (non-hydrogen) atoms. The lowest BCUT2D eigenvalue weighted by molar-refractivity contribution is -0.385. The van der Waals surface area contributed by atoms with E-state index in [-0.39, 0.29) is 5.69 Å². The maximum Gasteiger partial charge on any atom is 0.282 e. The topological polar surface area (TPSA) is 43.1 Å². The second-order valence-electron chi connectivity index (χ2n) is 1.85. The Morgan fingerprint density at radius 3 is 2.64 bits per heavy atom. The Hall–Kier alpha value is -0.170. The van der Waals surface area contributed by atoms with Crippen molar-refractivity contribution in [1.29, 1.82) is 0 Å². The molecule has 1 aromatic carbocycles. The average Bonchev–Trinajstić information content (AvgIpc) is 1.85. The molecule has 0 N–H and O–H groups in total. The van der Waals surface area contributed by atoms with Gasteiger partial charge in [0.15, 0.2) is 0 Å². The molecule has 58 valence electrons. The van der Waals surface area contributed by atoms with Gasteiger partial charge < -0.3 is 0 Å². The number of nitro benzene ring substituents is 1. The molecule has 0 unspecified atom stereocenters. The first-order chi connectivity index (χ1) is 5.11. The molecule has 1 rings (SSSR count). The van der Waals surface area contributed by atoms with Gasteiger partial charge in [-0.3, -0.25) is 10.1 Å². The van der Waals surface area contributed by atoms with Crippen molar-refractivity contribution in [2.45, 2.75) is 0 Å². The Morgan fingerprint density at radius 1 is 1.55 bits per heavy atom. The average molecular weight is 328 g/mol. The Labute approximate surface area is 85.2 Å². The van der Waals surface area contributed by atoms with Crippen LogP contribution >= 0.6 is 38.5 Å². The van der Waals surface area contributed by atoms with E-state index >= 15 is 0 Å². The van der Waals surface area contributed by atoms with Crippen molar-refractivity contribution in [1.82, 2.24) is 0 Å². The monoisotopic (exact) mass is 327 g/mol. The smallest absolute Gasteiger partial charge is 0.258 e. The van der Waals surface area contributed by atoms with E-state index in [2.05, 4.69) is 15.9 Å². The second kappa shape index (κ2) is 3.48. The first kappa shape index (κ1) is 8.92. The number of benzene rings is 1. The molecule has 0 saturated carbocycles. The zero-order chi connectivity index (χ0) is 8.43. The van der Waals surface area contributed by atoms with Crippen molar-refractivity contribution < 1.29 is 4.92 Å². The lowest BCUT2D eigenvalue weighted by atomic mass is 10.3. The highest BCUT2D eigenvalue weighted by Crippen LogP contribution is 2.23. The van der Waals surface area contributed by atoms with E-state index in [0.29, 0.717) is 3.57 Å². The fraction of sp³-hybridized carbons (Fsp3) is 0. The van der Waals surface area contributed by atoms with E-state index in [1.165, 1.54) is 6.07 Å². The van der Waals surface area contributed by atoms with Gasteiger partial charge in [-0.2, -0.15) is 0 Å². The van der Waals surface area contributed by atoms with Crippen LogP contribution in [0, 0.1) is 13.7 Å². The second-order valence-corrected chi connectivity index (χ2v) is 3.93. The molecular weight excluding hydrogens is 325 g/mol. The predicted molar refractivity (Wildman–Crippen MR) is 53.5 cm³/mol. The summed E-state index contributed by atoms with van der Waals surface area (Å²) in [6, 6.07) is 4.84. The Morgan fingerprint density at radius 2 is 2.18 bits per heavy atom. The van der Waals surface area contributed by atoms with Crippen LogP contribution in [0.25, 0.3) is 0 Å². The van der Waals surface area contributed by atoms with Crippen LogP contribution in [-0.4, -0.2) is 4.92 Å². The van der Waals surface area contributed by atoms with E-state index in [1.54, 1.807) is 12.1 Å². The molecule has 0 fully saturated rings. The molecule has 0 amide bonds. The first-order valence-corrected chi connectivity index (χ1v) is 4.58. The van der Waals surface area contributed by atoms with Crippen LogP contribution in [0.2, 0.25) is 0 Å². The minimum absolute atomic E-state index is 0.147. The van der Waals surface area contributed by atoms with Crippen LogP contribution in [0.5, 0.6) is 0 Å². The predicted octanol–water partition coefficient (Wildman–Crippen LogP) is 2.96. The molecule has 0 atom stereocenters. The van der Waals surface area contributed by atoms with E-state index in [4.69, 9.17) is 0 Å². The van der Waals surface area contributed by atoms with E-state index in [1.807, 2.05) is 22.6 Å². The molecular formula is C6H3BrINO2. The first-order valence-electron chi connectivity index (χ1n) is 2.70. The van der Waals surface area contributed by atoms with Crippen molar-refractivity contribution in [3.8, 4) is 0 Å². The summed E-state index contributed by atoms with van der Waals surface area (Å²) in [5, 5.41) is 10.3. The number of hydrogen-bond donors (Lipinski definition) is 0. The minimum atomic E-state index is -0.395. The molecule has 0 aliphatic heterocycles. The molecule has 0 saturated heterocycles. The van der Waals surface area contributed by atoms with Gasteiger partial charge in [-0.25, -0.2) is 0 Å². The summed E-state index contributed by atoms with van der Waals surface area (Å²) in [6.45, 7) is 0. The summed E-state index contributed by atoms with van der Waals surface area (Å²) in [4.78, 5) is 9.92. The van der Waals surface area contributed by atoms with Crippen molar-refractivity contribution >= 4 is 44.2 Å². The van der Waals surface area contributed by atoms with Gasteiger partial charge >= 0.3 is 0 Å². The van der Waals surface area contributed by atoms with Gasteiger partial charge in [0.25, 0.3) is 5.69 Å². The summed E-state index contributed by atoms with van der Waals surface area (Å²) < 4.78 is 1.49. The molecule has 0 aromatic heterocycles. The molecule has 3 nitrogen and oxygen atoms in total. The lowest BCUT2D eigenvalue weighted by Crippen LogP contribution is -1.90. The van der Waals surface area contributed by atoms with Gasteiger partial charge in [0.2, 0.25) is 0 Å². The van der Waals surface area contributed by atoms with Crippen molar-refractivity contribution in [3.63, 3.8) is 0 Å². The highest BCUT2D eigenvalue weighted by Gasteiger charge is 2.09. The van der Waals surface area contributed by atoms with E-state index in [9.17, 15) is 10.1 Å². The zero-order valence-electron chi connectivity index (χ0n) is 5.25. The zero-order valence-corrected chi connectivity index (χ0v) is 9.00. The standard InChI is InChI=1S/C6H3BrINO2/c7-4-1-2-6(9(10)11)5(8)3-4/h1-3H. The maximum atomic E-state index is 10.3. The summed E-state index contributed by atoms with van der Waals surface area (Å²) in [7, 11) is 0. The Balaban J connectivity index is 3.20. The quantitative estimate of drug-likeness (QED) is 0.452. The van der Waals surface area contributed by atoms with Crippen molar-refractivity contribution in [2.75, 3.05) is 0 Å². The molecule has 0 bridgehead atoms. The summed E-state index contributed by atoms with van der Waals surface area (Å²) in [5.74, 6) is 0. The normalized spacial score (nSPS) is 9.64. The largest absolute Gasteiger partial charge is 0.282 e. The van der Waals surface area contributed by atoms with Gasteiger partial charge in [-0.15, -0.1) is 0 Å². The van der Waals surface area contributed by atoms with Crippen LogP contribution in [-0.2, 0) is 0 Å². The van der Waals surface area contributed by atoms with E-state index < -0.39 is 4.92 Å². The third kappa shape index (κ3) is 2.13. The Bertz CT molecular complexity index is 303. The van der Waals surface area contributed by atoms with Crippen LogP contribution < -0.4 is 0 Å². The molecule has 1 aromatic rings. The lowest BCUT2D eigenvalue weighted by Gasteiger charge is -1.94. The van der Waals surface area contributed by atoms with Crippen LogP contribution in [0.15, 0.2) is 22.7 Å². The van der Waals surface area contributed by atoms with Crippen LogP contribution in [0.1, 0.15) is 0 Å². The molecule has 5 heteroatoms. The summed E-state index contributed by atoms with van der Waals surface area (Å²) >= 11 is 5.15. The van der Waals surface area contributed by atoms with Crippen LogP contribution in [0.3, 0.4) is 0 Å². The third-order valence-electron chi connectivity index (χ3n) is 1.11. The molecule has 0 spiro atoms. The number of rotatable bonds is 1. The maximum absolute atomic E-state index is 10.3. The van der Waals surface area contributed by atoms with Crippen LogP contribution in [0.4, 0.5) is 5.69 Å². The number of hydrogen-bond acceptors (Lipinski definition) is 2. The molecule has 0 aliphatic rings. The van der Waals surface area contributed by atoms with Gasteiger partial charge in [0.05, 0.1) is 8.49 Å². The SMILES string of the molecule is O=[N+]([O-])c1ccc(Br)cc1I. The fourth-order valence-corrected chi connectivity index (χ4v) is 2.13. The van der Waals surface area contributed by atoms with E-state index in [0.717, 1.165) is 4.47 Å². The molecule has 0 heterocycles. The molecule has 0 aliphatic carbocycles. The highest BCUT2D eigenvalue weighted by atomic mass is 127. The van der Waals surface area contributed by atoms with Gasteiger partial charge in [-0.05, 0) is 34.7 Å². The van der Waals surface area contributed by atoms with Gasteiger partial charge in [0.1, 0.15) is 0 Å². The van der Waals surface area contributed by atoms with Gasteiger partial charge in [0, 0.05) is 10.5 Å². The van der Waals surface area contributed by atoms with Gasteiger partial charge in [-0.1, -0.05) is 15.9 Å². The third-order valence-corrected chi connectivity index (χ3v) is 2.46. The number of nitrogens with zero attached hydrogens (tertiary/aromatic N) is 1.